The molecule has 0 aliphatic heterocycles. The average molecular weight is 966 g/mol. The fraction of sp³-hybridized carbons (Fsp3) is 0.316. The van der Waals surface area contributed by atoms with E-state index >= 15 is 0 Å². The van der Waals surface area contributed by atoms with Crippen molar-refractivity contribution >= 4 is 56.1 Å². The fourth-order valence-corrected chi connectivity index (χ4v) is 5.68. The first-order valence-corrected chi connectivity index (χ1v) is 23.1. The maximum Gasteiger partial charge on any atom is 0.290 e. The van der Waals surface area contributed by atoms with Crippen LogP contribution in [0.3, 0.4) is 0 Å². The lowest BCUT2D eigenvalue weighted by Crippen LogP contribution is -2.05. The summed E-state index contributed by atoms with van der Waals surface area (Å²) >= 11 is 4.14. The number of benzene rings is 4. The number of carboxylic acid groups (broad SMARTS) is 1. The van der Waals surface area contributed by atoms with Crippen molar-refractivity contribution in [2.45, 2.75) is 76.0 Å². The zero-order valence-corrected chi connectivity index (χ0v) is 42.6. The number of ether oxygens (including phenoxy) is 4. The van der Waals surface area contributed by atoms with E-state index in [1.54, 1.807) is 14.2 Å². The molecule has 4 aromatic rings. The first-order valence-electron chi connectivity index (χ1n) is 22.7. The number of thiol groups is 1. The molecule has 376 valence electrons. The molecule has 0 spiro atoms. The fourth-order valence-electron chi connectivity index (χ4n) is 5.45. The van der Waals surface area contributed by atoms with Crippen molar-refractivity contribution in [3.05, 3.63) is 160 Å². The quantitative estimate of drug-likeness (QED) is 0.0106. The number of aldehydes is 2. The van der Waals surface area contributed by atoms with Gasteiger partial charge in [-0.15, -0.1) is 38.9 Å². The van der Waals surface area contributed by atoms with E-state index in [0.29, 0.717) is 17.8 Å². The number of unbranched alkanes of at least 4 members (excludes halogenated alkanes) is 7. The summed E-state index contributed by atoms with van der Waals surface area (Å²) in [4.78, 5) is 35.1. The Morgan fingerprint density at radius 2 is 1.23 bits per heavy atom. The van der Waals surface area contributed by atoms with Crippen molar-refractivity contribution < 1.29 is 38.4 Å². The maximum absolute atomic E-state index is 9.06. The summed E-state index contributed by atoms with van der Waals surface area (Å²) in [5.74, 6) is 3.03. The van der Waals surface area contributed by atoms with Crippen LogP contribution in [-0.4, -0.2) is 84.7 Å². The lowest BCUT2D eigenvalue weighted by Gasteiger charge is -2.13. The topological polar surface area (TPSA) is 145 Å². The molecule has 0 aliphatic rings. The molecule has 4 rings (SSSR count). The molecular formula is C57H79N3O8S. The molecule has 0 aromatic heterocycles. The zero-order chi connectivity index (χ0) is 52.2. The Labute approximate surface area is 419 Å². The van der Waals surface area contributed by atoms with E-state index in [2.05, 4.69) is 92.3 Å². The number of carbonyl (C=O) groups is 3. The van der Waals surface area contributed by atoms with E-state index in [4.69, 9.17) is 38.4 Å². The summed E-state index contributed by atoms with van der Waals surface area (Å²) in [5.41, 5.74) is 4.88. The second-order valence-corrected chi connectivity index (χ2v) is 14.3. The number of hydrogen-bond donors (Lipinski definition) is 3. The third kappa shape index (κ3) is 37.1. The van der Waals surface area contributed by atoms with Gasteiger partial charge in [0.15, 0.2) is 0 Å². The number of allylic oxidation sites excluding steroid dienone is 2. The van der Waals surface area contributed by atoms with Crippen molar-refractivity contribution in [2.24, 2.45) is 9.98 Å². The van der Waals surface area contributed by atoms with E-state index in [0.717, 1.165) is 116 Å². The van der Waals surface area contributed by atoms with Gasteiger partial charge in [0.25, 0.3) is 6.47 Å². The molecule has 4 aromatic carbocycles. The highest BCUT2D eigenvalue weighted by molar-refractivity contribution is 7.80. The van der Waals surface area contributed by atoms with Gasteiger partial charge in [-0.25, -0.2) is 0 Å². The predicted molar refractivity (Wildman–Crippen MR) is 296 cm³/mol. The molecule has 0 amide bonds. The zero-order valence-electron chi connectivity index (χ0n) is 41.7. The SMILES string of the molecule is C=C.C=CC=O.C=CCCCCCCOc1ccc(C(=C)Oc2ccc(-c3ccc(OCCCCCCOC)cc3)c(C=NC)c2)cc1.C=CCCNC.C=Nc1ccccc1S.CC=O.O=CO. The number of hydrogen-bond acceptors (Lipinski definition) is 11. The molecule has 12 heteroatoms. The Hall–Kier alpha value is -6.60. The molecule has 0 unspecified atom stereocenters. The smallest absolute Gasteiger partial charge is 0.290 e. The van der Waals surface area contributed by atoms with Crippen LogP contribution in [0.25, 0.3) is 16.9 Å². The van der Waals surface area contributed by atoms with Crippen LogP contribution >= 0.6 is 12.6 Å². The van der Waals surface area contributed by atoms with Gasteiger partial charge in [-0.1, -0.05) is 74.9 Å². The van der Waals surface area contributed by atoms with Crippen LogP contribution in [-0.2, 0) is 19.1 Å². The second-order valence-electron chi connectivity index (χ2n) is 13.8. The van der Waals surface area contributed by atoms with Crippen molar-refractivity contribution in [1.82, 2.24) is 5.32 Å². The first-order chi connectivity index (χ1) is 33.6. The van der Waals surface area contributed by atoms with Crippen LogP contribution in [0.5, 0.6) is 17.2 Å². The van der Waals surface area contributed by atoms with Crippen molar-refractivity contribution in [3.63, 3.8) is 0 Å². The van der Waals surface area contributed by atoms with Gasteiger partial charge in [0.05, 0.1) is 18.9 Å². The monoisotopic (exact) mass is 966 g/mol. The minimum atomic E-state index is -0.250. The van der Waals surface area contributed by atoms with Gasteiger partial charge in [-0.3, -0.25) is 19.6 Å². The van der Waals surface area contributed by atoms with Crippen LogP contribution in [0.1, 0.15) is 82.3 Å². The summed E-state index contributed by atoms with van der Waals surface area (Å²) in [6, 6.07) is 29.7. The summed E-state index contributed by atoms with van der Waals surface area (Å²) in [7, 11) is 5.45. The van der Waals surface area contributed by atoms with Crippen LogP contribution in [0.2, 0.25) is 0 Å². The molecule has 69 heavy (non-hydrogen) atoms. The van der Waals surface area contributed by atoms with Crippen LogP contribution in [0.4, 0.5) is 5.69 Å². The molecular weight excluding hydrogens is 887 g/mol. The maximum atomic E-state index is 9.06. The molecule has 0 atom stereocenters. The minimum Gasteiger partial charge on any atom is -0.494 e. The number of para-hydroxylation sites is 1. The third-order valence-electron chi connectivity index (χ3n) is 8.70. The number of aliphatic imine (C=N–C) groups is 2. The van der Waals surface area contributed by atoms with Gasteiger partial charge in [0.1, 0.15) is 35.6 Å². The van der Waals surface area contributed by atoms with Crippen LogP contribution < -0.4 is 19.5 Å². The van der Waals surface area contributed by atoms with Crippen LogP contribution in [0, 0.1) is 0 Å². The Morgan fingerprint density at radius 3 is 1.67 bits per heavy atom. The van der Waals surface area contributed by atoms with Crippen molar-refractivity contribution in [1.29, 1.82) is 0 Å². The third-order valence-corrected chi connectivity index (χ3v) is 9.08. The molecule has 0 aliphatic carbocycles. The number of carbonyl (C=O) groups excluding carboxylic acids is 2. The van der Waals surface area contributed by atoms with E-state index in [1.165, 1.54) is 38.7 Å². The summed E-state index contributed by atoms with van der Waals surface area (Å²) in [6.45, 7) is 28.5. The molecule has 0 radical (unpaired) electrons. The van der Waals surface area contributed by atoms with E-state index in [1.807, 2.05) is 98.2 Å². The van der Waals surface area contributed by atoms with Gasteiger partial charge < -0.3 is 34.2 Å². The normalized spacial score (nSPS) is 9.29. The molecule has 0 bridgehead atoms. The Morgan fingerprint density at radius 1 is 0.739 bits per heavy atom. The largest absolute Gasteiger partial charge is 0.494 e. The molecule has 0 heterocycles. The van der Waals surface area contributed by atoms with Crippen LogP contribution in [0.15, 0.2) is 164 Å². The molecule has 0 fully saturated rings. The Bertz CT molecular complexity index is 1960. The highest BCUT2D eigenvalue weighted by atomic mass is 32.1. The Kier molecular flexibility index (Phi) is 49.1. The number of rotatable bonds is 26. The van der Waals surface area contributed by atoms with Gasteiger partial charge in [0.2, 0.25) is 0 Å². The number of methoxy groups -OCH3 is 1. The average Bonchev–Trinajstić information content (AvgIpc) is 3.37. The van der Waals surface area contributed by atoms with Gasteiger partial charge >= 0.3 is 0 Å². The highest BCUT2D eigenvalue weighted by Crippen LogP contribution is 2.30. The highest BCUT2D eigenvalue weighted by Gasteiger charge is 2.09. The van der Waals surface area contributed by atoms with E-state index in [9.17, 15) is 0 Å². The van der Waals surface area contributed by atoms with E-state index in [-0.39, 0.29) is 6.47 Å². The van der Waals surface area contributed by atoms with Gasteiger partial charge in [0, 0.05) is 43.0 Å². The van der Waals surface area contributed by atoms with Gasteiger partial charge in [-0.05, 0) is 150 Å². The second kappa shape index (κ2) is 50.8. The van der Waals surface area contributed by atoms with Gasteiger partial charge in [-0.2, -0.15) is 0 Å². The number of nitrogens with zero attached hydrogens (tertiary/aromatic N) is 2. The summed E-state index contributed by atoms with van der Waals surface area (Å²) in [5, 5.41) is 9.89. The van der Waals surface area contributed by atoms with E-state index < -0.39 is 0 Å². The Balaban J connectivity index is -0.00000131. The number of nitrogens with one attached hydrogen (secondary N) is 1. The van der Waals surface area contributed by atoms with Crippen molar-refractivity contribution in [2.75, 3.05) is 47.6 Å². The lowest BCUT2D eigenvalue weighted by molar-refractivity contribution is -0.122. The summed E-state index contributed by atoms with van der Waals surface area (Å²) < 4.78 is 23.1. The van der Waals surface area contributed by atoms with Crippen molar-refractivity contribution in [3.8, 4) is 28.4 Å². The summed E-state index contributed by atoms with van der Waals surface area (Å²) in [6.07, 6.45) is 19.6. The molecule has 2 N–H and O–H groups in total. The molecule has 11 nitrogen and oxygen atoms in total. The molecule has 0 saturated heterocycles. The first kappa shape index (κ1) is 66.7. The predicted octanol–water partition coefficient (Wildman–Crippen LogP) is 13.7. The lowest BCUT2D eigenvalue weighted by atomic mass is 10.00. The molecule has 0 saturated carbocycles. The minimum absolute atomic E-state index is 0.250. The standard InChI is InChI=1S/C37H47NO4.C7H7NS.C5H11N.C3H4O.C2H4O.C2H4.CH2O2/c1-5-6-7-8-9-13-26-40-34-19-15-31(16-20-34)30(2)42-36-23-24-37(33(28-36)29-38-3)32-17-21-35(22-18-32)41-27-14-11-10-12-25-39-4;1-8-6-4-2-3-5-7(6)9;1-3-4-5-6-2;1-2-3-4;1-2-3;1-2;2-1-3/h5,15-24,28-29H,1-2,6-14,25-27H2,3-4H3;2-5,9H,1H2;3,6H,1,4-5H2,2H3;2-3H,1H2;2H,1H3;1-2H2;1H,(H,2,3).